The van der Waals surface area contributed by atoms with Gasteiger partial charge in [0.1, 0.15) is 12.2 Å². The van der Waals surface area contributed by atoms with Gasteiger partial charge in [-0.25, -0.2) is 0 Å². The van der Waals surface area contributed by atoms with Crippen LogP contribution < -0.4 is 0 Å². The fourth-order valence-corrected chi connectivity index (χ4v) is 2.90. The van der Waals surface area contributed by atoms with E-state index >= 15 is 0 Å². The summed E-state index contributed by atoms with van der Waals surface area (Å²) in [5, 5.41) is 0. The molecule has 1 aliphatic heterocycles. The van der Waals surface area contributed by atoms with Gasteiger partial charge in [0.05, 0.1) is 24.8 Å². The van der Waals surface area contributed by atoms with E-state index in [0.717, 1.165) is 0 Å². The van der Waals surface area contributed by atoms with Crippen LogP contribution in [0.3, 0.4) is 0 Å². The summed E-state index contributed by atoms with van der Waals surface area (Å²) < 4.78 is 8.87. The van der Waals surface area contributed by atoms with Crippen molar-refractivity contribution < 1.29 is 23.9 Å². The molecule has 8 nitrogen and oxygen atoms in total. The Morgan fingerprint density at radius 1 is 1.10 bits per heavy atom. The van der Waals surface area contributed by atoms with Gasteiger partial charge in [0.25, 0.3) is 0 Å². The predicted molar refractivity (Wildman–Crippen MR) is 107 cm³/mol. The molecule has 3 atom stereocenters. The molecular weight excluding hydrogens is 374 g/mol. The lowest BCUT2D eigenvalue weighted by Gasteiger charge is -2.38. The minimum absolute atomic E-state index is 0.219. The van der Waals surface area contributed by atoms with Gasteiger partial charge in [0.15, 0.2) is 5.78 Å². The van der Waals surface area contributed by atoms with Gasteiger partial charge in [-0.15, -0.1) is 0 Å². The molecule has 156 valence electrons. The first kappa shape index (κ1) is 24.1. The van der Waals surface area contributed by atoms with Gasteiger partial charge in [-0.1, -0.05) is 12.1 Å². The number of likely N-dealkylation sites (tertiary alicyclic amines) is 1. The number of hydrogen-bond acceptors (Lipinski definition) is 8. The Kier molecular flexibility index (Phi) is 11.0. The smallest absolute Gasteiger partial charge is 0.317 e. The molecule has 1 aliphatic rings. The minimum atomic E-state index is -0.917. The summed E-state index contributed by atoms with van der Waals surface area (Å²) in [5.41, 5.74) is 0.642. The van der Waals surface area contributed by atoms with Crippen LogP contribution in [0.4, 0.5) is 0 Å². The zero-order chi connectivity index (χ0) is 21.6. The molecule has 1 fully saturated rings. The molecule has 1 saturated heterocycles. The number of carbonyl (C=O) groups is 3. The number of Topliss-reactive ketones (excluding diaryl/α,β-unsaturated/α-hetero) is 1. The van der Waals surface area contributed by atoms with Crippen LogP contribution in [0.25, 0.3) is 0 Å². The normalized spacial score (nSPS) is 21.0. The Balaban J connectivity index is 0.000000387. The first-order chi connectivity index (χ1) is 14.0. The number of rotatable bonds is 3. The Bertz CT molecular complexity index is 716. The quantitative estimate of drug-likeness (QED) is 0.434. The van der Waals surface area contributed by atoms with Crippen LogP contribution in [0.15, 0.2) is 55.0 Å². The van der Waals surface area contributed by atoms with Crippen LogP contribution in [-0.4, -0.2) is 67.8 Å². The fraction of sp³-hybridized carbons (Fsp3) is 0.381. The molecule has 3 heterocycles. The second-order valence-corrected chi connectivity index (χ2v) is 6.21. The molecule has 0 aliphatic carbocycles. The Labute approximate surface area is 170 Å². The average Bonchev–Trinajstić information content (AvgIpc) is 2.77. The summed E-state index contributed by atoms with van der Waals surface area (Å²) in [5.74, 6) is -2.83. The number of aromatic nitrogens is 2. The highest BCUT2D eigenvalue weighted by molar-refractivity contribution is 6.06. The molecular formula is C21H27N3O5. The largest absolute Gasteiger partial charge is 0.468 e. The number of carbonyl (C=O) groups excluding carboxylic acids is 3. The molecule has 3 rings (SSSR count). The van der Waals surface area contributed by atoms with Crippen LogP contribution in [0, 0.1) is 11.8 Å². The highest BCUT2D eigenvalue weighted by Crippen LogP contribution is 2.33. The molecule has 0 amide bonds. The number of hydrogen-bond donors (Lipinski definition) is 0. The van der Waals surface area contributed by atoms with Crippen LogP contribution in [0.5, 0.6) is 0 Å². The lowest BCUT2D eigenvalue weighted by molar-refractivity contribution is -0.155. The van der Waals surface area contributed by atoms with E-state index in [9.17, 15) is 14.4 Å². The van der Waals surface area contributed by atoms with Crippen LogP contribution in [-0.2, 0) is 23.9 Å². The SMILES string of the molecule is COC.COC(=O)C1CN(C)[C@@H](c2ccccn2)C(C=O)C1=O.c1ccncc1. The molecule has 2 aromatic heterocycles. The second-order valence-electron chi connectivity index (χ2n) is 6.21. The molecule has 0 spiro atoms. The molecule has 8 heteroatoms. The minimum Gasteiger partial charge on any atom is -0.468 e. The summed E-state index contributed by atoms with van der Waals surface area (Å²) in [6, 6.07) is 10.6. The maximum atomic E-state index is 12.3. The summed E-state index contributed by atoms with van der Waals surface area (Å²) in [6.45, 7) is 0.219. The topological polar surface area (TPSA) is 98.7 Å². The number of ketones is 1. The highest BCUT2D eigenvalue weighted by Gasteiger charge is 2.45. The third kappa shape index (κ3) is 7.17. The molecule has 0 bridgehead atoms. The third-order valence-corrected chi connectivity index (χ3v) is 4.15. The van der Waals surface area contributed by atoms with E-state index in [1.165, 1.54) is 7.11 Å². The van der Waals surface area contributed by atoms with E-state index in [-0.39, 0.29) is 6.54 Å². The zero-order valence-electron chi connectivity index (χ0n) is 17.1. The summed E-state index contributed by atoms with van der Waals surface area (Å²) >= 11 is 0. The van der Waals surface area contributed by atoms with Crippen molar-refractivity contribution in [1.82, 2.24) is 14.9 Å². The van der Waals surface area contributed by atoms with E-state index in [0.29, 0.717) is 12.0 Å². The average molecular weight is 401 g/mol. The number of piperidine rings is 1. The lowest BCUT2D eigenvalue weighted by atomic mass is 9.81. The number of aldehydes is 1. The summed E-state index contributed by atoms with van der Waals surface area (Å²) in [4.78, 5) is 45.0. The van der Waals surface area contributed by atoms with Crippen molar-refractivity contribution in [3.63, 3.8) is 0 Å². The van der Waals surface area contributed by atoms with Gasteiger partial charge in [-0.05, 0) is 31.3 Å². The summed E-state index contributed by atoms with van der Waals surface area (Å²) in [7, 11) is 6.24. The van der Waals surface area contributed by atoms with Crippen molar-refractivity contribution in [3.05, 3.63) is 60.7 Å². The van der Waals surface area contributed by atoms with Crippen molar-refractivity contribution in [2.24, 2.45) is 11.8 Å². The fourth-order valence-electron chi connectivity index (χ4n) is 2.90. The number of methoxy groups -OCH3 is 2. The van der Waals surface area contributed by atoms with E-state index in [1.54, 1.807) is 63.0 Å². The van der Waals surface area contributed by atoms with Crippen LogP contribution in [0.1, 0.15) is 11.7 Å². The number of esters is 1. The molecule has 0 N–H and O–H groups in total. The van der Waals surface area contributed by atoms with E-state index in [2.05, 4.69) is 19.4 Å². The van der Waals surface area contributed by atoms with Crippen molar-refractivity contribution in [2.45, 2.75) is 6.04 Å². The zero-order valence-corrected chi connectivity index (χ0v) is 17.1. The molecule has 29 heavy (non-hydrogen) atoms. The van der Waals surface area contributed by atoms with Gasteiger partial charge in [-0.2, -0.15) is 0 Å². The Morgan fingerprint density at radius 3 is 2.14 bits per heavy atom. The van der Waals surface area contributed by atoms with Crippen LogP contribution in [0.2, 0.25) is 0 Å². The van der Waals surface area contributed by atoms with Gasteiger partial charge in [0, 0.05) is 39.4 Å². The second kappa shape index (κ2) is 13.2. The van der Waals surface area contributed by atoms with Crippen molar-refractivity contribution in [2.75, 3.05) is 34.9 Å². The molecule has 0 radical (unpaired) electrons. The first-order valence-electron chi connectivity index (χ1n) is 8.94. The lowest BCUT2D eigenvalue weighted by Crippen LogP contribution is -2.50. The Morgan fingerprint density at radius 2 is 1.72 bits per heavy atom. The van der Waals surface area contributed by atoms with Crippen molar-refractivity contribution in [1.29, 1.82) is 0 Å². The summed E-state index contributed by atoms with van der Waals surface area (Å²) in [6.07, 6.45) is 5.70. The maximum absolute atomic E-state index is 12.3. The van der Waals surface area contributed by atoms with Crippen molar-refractivity contribution in [3.8, 4) is 0 Å². The monoisotopic (exact) mass is 401 g/mol. The van der Waals surface area contributed by atoms with E-state index < -0.39 is 29.6 Å². The molecule has 0 aromatic carbocycles. The van der Waals surface area contributed by atoms with E-state index in [4.69, 9.17) is 0 Å². The standard InChI is InChI=1S/C14H16N2O4.C5H5N.C2H6O/c1-16-7-9(14(19)20-2)13(18)10(8-17)12(16)11-5-3-4-6-15-11;1-2-4-6-5-3-1;1-3-2/h3-6,8-10,12H,7H2,1-2H3;1-5H;1-2H3/t9?,10?,12-;;/m1../s1. The molecule has 2 unspecified atom stereocenters. The third-order valence-electron chi connectivity index (χ3n) is 4.15. The number of pyridine rings is 2. The number of ether oxygens (including phenoxy) is 2. The molecule has 2 aromatic rings. The molecule has 0 saturated carbocycles. The first-order valence-corrected chi connectivity index (χ1v) is 8.94. The van der Waals surface area contributed by atoms with Gasteiger partial charge < -0.3 is 14.3 Å². The highest BCUT2D eigenvalue weighted by atomic mass is 16.5. The van der Waals surface area contributed by atoms with Crippen LogP contribution >= 0.6 is 0 Å². The van der Waals surface area contributed by atoms with Gasteiger partial charge >= 0.3 is 5.97 Å². The Hall–Kier alpha value is -2.97. The van der Waals surface area contributed by atoms with Gasteiger partial charge in [0.2, 0.25) is 0 Å². The van der Waals surface area contributed by atoms with Gasteiger partial charge in [-0.3, -0.25) is 24.5 Å². The predicted octanol–water partition coefficient (Wildman–Crippen LogP) is 1.59. The van der Waals surface area contributed by atoms with E-state index in [1.807, 2.05) is 18.2 Å². The maximum Gasteiger partial charge on any atom is 0.317 e. The number of nitrogens with zero attached hydrogens (tertiary/aromatic N) is 3. The van der Waals surface area contributed by atoms with Crippen molar-refractivity contribution >= 4 is 18.0 Å².